The molecule has 9 aromatic carbocycles. The highest BCUT2D eigenvalue weighted by atomic mass is 15.0. The zero-order chi connectivity index (χ0) is 42.5. The van der Waals surface area contributed by atoms with Crippen molar-refractivity contribution in [1.82, 2.24) is 14.5 Å². The number of benzene rings is 9. The van der Waals surface area contributed by atoms with E-state index in [1.54, 1.807) is 6.20 Å². The summed E-state index contributed by atoms with van der Waals surface area (Å²) in [4.78, 5) is 9.56. The summed E-state index contributed by atoms with van der Waals surface area (Å²) in [7, 11) is 0. The first-order valence-electron chi connectivity index (χ1n) is 22.4. The van der Waals surface area contributed by atoms with Crippen LogP contribution in [0.3, 0.4) is 0 Å². The highest BCUT2D eigenvalue weighted by molar-refractivity contribution is 6.11. The van der Waals surface area contributed by atoms with E-state index in [0.29, 0.717) is 0 Å². The van der Waals surface area contributed by atoms with E-state index >= 15 is 0 Å². The number of para-hydroxylation sites is 2. The average molecular weight is 818 g/mol. The first kappa shape index (κ1) is 36.7. The third-order valence-corrected chi connectivity index (χ3v) is 14.2. The number of hydrogen-bond acceptors (Lipinski definition) is 2. The van der Waals surface area contributed by atoms with Crippen LogP contribution in [0.2, 0.25) is 0 Å². The predicted molar refractivity (Wildman–Crippen MR) is 267 cm³/mol. The summed E-state index contributed by atoms with van der Waals surface area (Å²) in [6.07, 6.45) is 9.22. The maximum absolute atomic E-state index is 4.81. The van der Waals surface area contributed by atoms with Crippen molar-refractivity contribution in [3.8, 4) is 50.2 Å². The number of hydrogen-bond donors (Lipinski definition) is 0. The van der Waals surface area contributed by atoms with Crippen LogP contribution >= 0.6 is 0 Å². The van der Waals surface area contributed by atoms with Gasteiger partial charge >= 0.3 is 0 Å². The fourth-order valence-corrected chi connectivity index (χ4v) is 11.0. The molecular formula is C61H43N3. The Bertz CT molecular complexity index is 3740. The summed E-state index contributed by atoms with van der Waals surface area (Å²) in [6.45, 7) is 4.79. The van der Waals surface area contributed by atoms with Gasteiger partial charge in [-0.15, -0.1) is 0 Å². The van der Waals surface area contributed by atoms with Gasteiger partial charge < -0.3 is 4.57 Å². The number of allylic oxidation sites excluding steroid dienone is 1. The maximum atomic E-state index is 4.81. The van der Waals surface area contributed by atoms with Crippen LogP contribution in [0.4, 0.5) is 0 Å². The second-order valence-electron chi connectivity index (χ2n) is 18.1. The van der Waals surface area contributed by atoms with Crippen LogP contribution in [0, 0.1) is 0 Å². The molecule has 11 aromatic rings. The molecule has 2 aliphatic rings. The Hall–Kier alpha value is -7.88. The van der Waals surface area contributed by atoms with Crippen molar-refractivity contribution in [3.05, 3.63) is 228 Å². The van der Waals surface area contributed by atoms with E-state index in [1.807, 2.05) is 6.20 Å². The Balaban J connectivity index is 0.817. The van der Waals surface area contributed by atoms with Crippen molar-refractivity contribution in [2.75, 3.05) is 0 Å². The normalized spacial score (nSPS) is 14.9. The third-order valence-electron chi connectivity index (χ3n) is 14.2. The standard InChI is InChI=1S/C61H43N3/c1-61(2)55-35-43(22-26-48(55)49-27-23-44(36-56(49)61)42-25-29-53-54(34-42)47-18-6-7-20-52(47)59-60(53)63-31-30-62-59)40-14-10-12-38(32-40)39-13-11-15-41(33-39)45-24-28-51-50-19-8-9-21-57(50)64(58(51)37-45)46-16-4-3-5-17-46/h3-33,35-37,42H,34H2,1-2H3. The highest BCUT2D eigenvalue weighted by Crippen LogP contribution is 2.51. The second-order valence-corrected chi connectivity index (χ2v) is 18.1. The van der Waals surface area contributed by atoms with Crippen LogP contribution in [0.25, 0.3) is 99.9 Å². The monoisotopic (exact) mass is 817 g/mol. The lowest BCUT2D eigenvalue weighted by molar-refractivity contribution is 0.658. The quantitative estimate of drug-likeness (QED) is 0.162. The molecule has 0 saturated carbocycles. The summed E-state index contributed by atoms with van der Waals surface area (Å²) in [5.41, 5.74) is 22.1. The Morgan fingerprint density at radius 1 is 0.469 bits per heavy atom. The van der Waals surface area contributed by atoms with Crippen LogP contribution in [0.1, 0.15) is 47.6 Å². The van der Waals surface area contributed by atoms with Crippen LogP contribution < -0.4 is 0 Å². The van der Waals surface area contributed by atoms with E-state index in [2.05, 4.69) is 213 Å². The minimum absolute atomic E-state index is 0.148. The summed E-state index contributed by atoms with van der Waals surface area (Å²) in [5, 5.41) is 4.99. The molecule has 1 atom stereocenters. The molecule has 302 valence electrons. The first-order chi connectivity index (χ1) is 31.5. The average Bonchev–Trinajstić information content (AvgIpc) is 3.81. The fraction of sp³-hybridized carbons (Fsp3) is 0.0820. The van der Waals surface area contributed by atoms with Crippen LogP contribution in [0.5, 0.6) is 0 Å². The van der Waals surface area contributed by atoms with Crippen molar-refractivity contribution in [3.63, 3.8) is 0 Å². The first-order valence-corrected chi connectivity index (χ1v) is 22.4. The van der Waals surface area contributed by atoms with E-state index in [9.17, 15) is 0 Å². The van der Waals surface area contributed by atoms with Crippen molar-refractivity contribution in [2.45, 2.75) is 31.6 Å². The molecule has 0 fully saturated rings. The van der Waals surface area contributed by atoms with Crippen molar-refractivity contribution in [1.29, 1.82) is 0 Å². The van der Waals surface area contributed by atoms with Crippen molar-refractivity contribution in [2.24, 2.45) is 0 Å². The van der Waals surface area contributed by atoms with E-state index in [4.69, 9.17) is 9.97 Å². The van der Waals surface area contributed by atoms with E-state index < -0.39 is 0 Å². The van der Waals surface area contributed by atoms with Gasteiger partial charge in [-0.3, -0.25) is 9.97 Å². The summed E-state index contributed by atoms with van der Waals surface area (Å²) in [6, 6.07) is 67.4. The van der Waals surface area contributed by atoms with E-state index in [0.717, 1.165) is 17.5 Å². The van der Waals surface area contributed by atoms with Crippen LogP contribution in [-0.2, 0) is 11.8 Å². The van der Waals surface area contributed by atoms with Gasteiger partial charge in [0, 0.05) is 51.1 Å². The largest absolute Gasteiger partial charge is 0.309 e. The predicted octanol–water partition coefficient (Wildman–Crippen LogP) is 15.5. The summed E-state index contributed by atoms with van der Waals surface area (Å²) < 4.78 is 2.39. The van der Waals surface area contributed by atoms with Gasteiger partial charge in [-0.05, 0) is 121 Å². The van der Waals surface area contributed by atoms with Crippen molar-refractivity contribution < 1.29 is 0 Å². The molecule has 2 heterocycles. The minimum atomic E-state index is -0.148. The third kappa shape index (κ3) is 5.60. The molecule has 0 aliphatic heterocycles. The lowest BCUT2D eigenvalue weighted by atomic mass is 9.78. The van der Waals surface area contributed by atoms with E-state index in [-0.39, 0.29) is 11.3 Å². The van der Waals surface area contributed by atoms with Gasteiger partial charge in [-0.25, -0.2) is 0 Å². The lowest BCUT2D eigenvalue weighted by Crippen LogP contribution is -2.16. The zero-order valence-electron chi connectivity index (χ0n) is 35.8. The van der Waals surface area contributed by atoms with Crippen LogP contribution in [-0.4, -0.2) is 14.5 Å². The summed E-state index contributed by atoms with van der Waals surface area (Å²) >= 11 is 0. The van der Waals surface area contributed by atoms with Gasteiger partial charge in [-0.1, -0.05) is 166 Å². The van der Waals surface area contributed by atoms with Gasteiger partial charge in [-0.2, -0.15) is 0 Å². The number of aromatic nitrogens is 3. The van der Waals surface area contributed by atoms with Gasteiger partial charge in [0.2, 0.25) is 0 Å². The zero-order valence-corrected chi connectivity index (χ0v) is 35.8. The number of nitrogens with zero attached hydrogens (tertiary/aromatic N) is 3. The molecule has 2 aromatic heterocycles. The molecule has 0 radical (unpaired) electrons. The molecule has 3 heteroatoms. The lowest BCUT2D eigenvalue weighted by Gasteiger charge is -2.26. The highest BCUT2D eigenvalue weighted by Gasteiger charge is 2.36. The van der Waals surface area contributed by atoms with Crippen molar-refractivity contribution >= 4 is 49.7 Å². The molecule has 0 amide bonds. The molecule has 0 bridgehead atoms. The molecule has 1 unspecified atom stereocenters. The Kier molecular flexibility index (Phi) is 8.08. The Morgan fingerprint density at radius 3 is 1.80 bits per heavy atom. The molecule has 0 spiro atoms. The topological polar surface area (TPSA) is 30.7 Å². The molecule has 3 nitrogen and oxygen atoms in total. The molecule has 64 heavy (non-hydrogen) atoms. The molecule has 13 rings (SSSR count). The van der Waals surface area contributed by atoms with E-state index in [1.165, 1.54) is 111 Å². The molecule has 0 N–H and O–H groups in total. The Labute approximate surface area is 372 Å². The molecule has 2 aliphatic carbocycles. The maximum Gasteiger partial charge on any atom is 0.0971 e. The second kappa shape index (κ2) is 14.1. The molecule has 0 saturated heterocycles. The van der Waals surface area contributed by atoms with Gasteiger partial charge in [0.25, 0.3) is 0 Å². The SMILES string of the molecule is CC1(C)c2cc(-c3cccc(-c4cccc(-c5ccc6c7ccccc7n(-c7ccccc7)c6c5)c4)c3)ccc2-c2ccc(C3C=Cc4c(c5ccccc5c5nccnc45)C3)cc21. The smallest absolute Gasteiger partial charge is 0.0971 e. The fourth-order valence-electron chi connectivity index (χ4n) is 11.0. The summed E-state index contributed by atoms with van der Waals surface area (Å²) in [5.74, 6) is 0.274. The van der Waals surface area contributed by atoms with Gasteiger partial charge in [0.1, 0.15) is 0 Å². The van der Waals surface area contributed by atoms with Gasteiger partial charge in [0.05, 0.1) is 22.1 Å². The minimum Gasteiger partial charge on any atom is -0.309 e. The number of rotatable bonds is 5. The molecular weight excluding hydrogens is 775 g/mol. The van der Waals surface area contributed by atoms with Gasteiger partial charge in [0.15, 0.2) is 0 Å². The Morgan fingerprint density at radius 2 is 1.05 bits per heavy atom. The van der Waals surface area contributed by atoms with Crippen LogP contribution in [0.15, 0.2) is 200 Å². The number of fused-ring (bicyclic) bond motifs is 12.